The number of furan rings is 1. The van der Waals surface area contributed by atoms with E-state index in [-0.39, 0.29) is 0 Å². The van der Waals surface area contributed by atoms with Gasteiger partial charge in [-0.15, -0.1) is 0 Å². The Morgan fingerprint density at radius 3 is 3.12 bits per heavy atom. The van der Waals surface area contributed by atoms with E-state index in [2.05, 4.69) is 26.1 Å². The van der Waals surface area contributed by atoms with Crippen molar-refractivity contribution < 1.29 is 4.42 Å². The van der Waals surface area contributed by atoms with Crippen LogP contribution >= 0.6 is 15.9 Å². The molecule has 0 radical (unpaired) electrons. The van der Waals surface area contributed by atoms with Gasteiger partial charge < -0.3 is 9.73 Å². The molecule has 1 aliphatic rings. The number of rotatable bonds is 4. The first-order valence-electron chi connectivity index (χ1n) is 5.92. The topological polar surface area (TPSA) is 28.4 Å². The number of nitrogens with one attached hydrogen (secondary N) is 1. The number of nitrogens with zero attached hydrogens (tertiary/aromatic N) is 1. The van der Waals surface area contributed by atoms with E-state index >= 15 is 0 Å². The van der Waals surface area contributed by atoms with Crippen molar-refractivity contribution in [2.75, 3.05) is 20.1 Å². The van der Waals surface area contributed by atoms with Gasteiger partial charge in [-0.25, -0.2) is 0 Å². The lowest BCUT2D eigenvalue weighted by atomic mass is 10.0. The standard InChI is InChI=1S/C12H19BrN2O/c1-14-8-10-4-2-3-6-15(10)9-12-11(13)5-7-16-12/h5,7,10,14H,2-4,6,8-9H2,1H3. The number of likely N-dealkylation sites (tertiary alicyclic amines) is 1. The summed E-state index contributed by atoms with van der Waals surface area (Å²) in [4.78, 5) is 2.52. The van der Waals surface area contributed by atoms with Crippen molar-refractivity contribution in [3.05, 3.63) is 22.6 Å². The van der Waals surface area contributed by atoms with E-state index in [1.165, 1.54) is 25.8 Å². The molecule has 2 heterocycles. The summed E-state index contributed by atoms with van der Waals surface area (Å²) in [7, 11) is 2.02. The Bertz CT molecular complexity index is 325. The Morgan fingerprint density at radius 1 is 1.56 bits per heavy atom. The Kier molecular flexibility index (Phi) is 4.44. The van der Waals surface area contributed by atoms with E-state index in [0.29, 0.717) is 6.04 Å². The molecule has 4 heteroatoms. The Hall–Kier alpha value is -0.320. The third kappa shape index (κ3) is 2.87. The molecule has 1 aromatic rings. The van der Waals surface area contributed by atoms with Gasteiger partial charge in [-0.3, -0.25) is 4.90 Å². The molecule has 1 aliphatic heterocycles. The van der Waals surface area contributed by atoms with Crippen molar-refractivity contribution in [1.29, 1.82) is 0 Å². The lowest BCUT2D eigenvalue weighted by molar-refractivity contribution is 0.129. The first kappa shape index (κ1) is 12.1. The van der Waals surface area contributed by atoms with Crippen molar-refractivity contribution in [1.82, 2.24) is 10.2 Å². The van der Waals surface area contributed by atoms with E-state index < -0.39 is 0 Å². The van der Waals surface area contributed by atoms with Crippen LogP contribution in [0.15, 0.2) is 21.2 Å². The molecule has 0 amide bonds. The number of hydrogen-bond acceptors (Lipinski definition) is 3. The van der Waals surface area contributed by atoms with Gasteiger partial charge in [0, 0.05) is 12.6 Å². The summed E-state index contributed by atoms with van der Waals surface area (Å²) >= 11 is 3.52. The van der Waals surface area contributed by atoms with Gasteiger partial charge in [0.2, 0.25) is 0 Å². The molecular formula is C12H19BrN2O. The predicted molar refractivity (Wildman–Crippen MR) is 68.4 cm³/mol. The number of hydrogen-bond donors (Lipinski definition) is 1. The van der Waals surface area contributed by atoms with Crippen molar-refractivity contribution >= 4 is 15.9 Å². The van der Waals surface area contributed by atoms with Crippen LogP contribution in [0.3, 0.4) is 0 Å². The van der Waals surface area contributed by atoms with Gasteiger partial charge in [0.05, 0.1) is 17.3 Å². The van der Waals surface area contributed by atoms with Gasteiger partial charge in [0.25, 0.3) is 0 Å². The zero-order valence-electron chi connectivity index (χ0n) is 9.71. The van der Waals surface area contributed by atoms with Gasteiger partial charge in [0.1, 0.15) is 5.76 Å². The van der Waals surface area contributed by atoms with Crippen LogP contribution in [0.5, 0.6) is 0 Å². The van der Waals surface area contributed by atoms with Crippen molar-refractivity contribution in [2.24, 2.45) is 0 Å². The lowest BCUT2D eigenvalue weighted by Gasteiger charge is -2.35. The maximum atomic E-state index is 5.48. The molecule has 1 fully saturated rings. The summed E-state index contributed by atoms with van der Waals surface area (Å²) in [5.41, 5.74) is 0. The molecule has 2 rings (SSSR count). The largest absolute Gasteiger partial charge is 0.467 e. The summed E-state index contributed by atoms with van der Waals surface area (Å²) in [6.07, 6.45) is 5.69. The zero-order valence-corrected chi connectivity index (χ0v) is 11.3. The summed E-state index contributed by atoms with van der Waals surface area (Å²) < 4.78 is 6.57. The molecule has 1 aromatic heterocycles. The summed E-state index contributed by atoms with van der Waals surface area (Å²) in [5.74, 6) is 1.04. The molecule has 0 aromatic carbocycles. The molecule has 0 aliphatic carbocycles. The van der Waals surface area contributed by atoms with E-state index in [1.807, 2.05) is 13.1 Å². The molecule has 90 valence electrons. The molecule has 0 spiro atoms. The monoisotopic (exact) mass is 286 g/mol. The number of piperidine rings is 1. The highest BCUT2D eigenvalue weighted by Crippen LogP contribution is 2.23. The first-order valence-corrected chi connectivity index (χ1v) is 6.71. The third-order valence-electron chi connectivity index (χ3n) is 3.23. The second kappa shape index (κ2) is 5.84. The highest BCUT2D eigenvalue weighted by molar-refractivity contribution is 9.10. The SMILES string of the molecule is CNCC1CCCCN1Cc1occc1Br. The smallest absolute Gasteiger partial charge is 0.131 e. The highest BCUT2D eigenvalue weighted by atomic mass is 79.9. The maximum Gasteiger partial charge on any atom is 0.131 e. The molecule has 1 N–H and O–H groups in total. The van der Waals surface area contributed by atoms with Gasteiger partial charge in [0.15, 0.2) is 0 Å². The minimum Gasteiger partial charge on any atom is -0.467 e. The van der Waals surface area contributed by atoms with Gasteiger partial charge in [-0.1, -0.05) is 6.42 Å². The minimum atomic E-state index is 0.649. The van der Waals surface area contributed by atoms with E-state index in [1.54, 1.807) is 6.26 Å². The molecule has 1 atom stereocenters. The molecular weight excluding hydrogens is 268 g/mol. The Morgan fingerprint density at radius 2 is 2.44 bits per heavy atom. The van der Waals surface area contributed by atoms with Crippen LogP contribution in [-0.2, 0) is 6.54 Å². The fourth-order valence-corrected chi connectivity index (χ4v) is 2.68. The zero-order chi connectivity index (χ0) is 11.4. The normalized spacial score (nSPS) is 22.5. The van der Waals surface area contributed by atoms with Crippen LogP contribution < -0.4 is 5.32 Å². The van der Waals surface area contributed by atoms with Gasteiger partial charge >= 0.3 is 0 Å². The summed E-state index contributed by atoms with van der Waals surface area (Å²) in [6.45, 7) is 3.16. The first-order chi connectivity index (χ1) is 7.81. The maximum absolute atomic E-state index is 5.48. The summed E-state index contributed by atoms with van der Waals surface area (Å²) in [6, 6.07) is 2.61. The fourth-order valence-electron chi connectivity index (χ4n) is 2.36. The van der Waals surface area contributed by atoms with Crippen molar-refractivity contribution in [3.63, 3.8) is 0 Å². The molecule has 16 heavy (non-hydrogen) atoms. The lowest BCUT2D eigenvalue weighted by Crippen LogP contribution is -2.44. The van der Waals surface area contributed by atoms with Crippen LogP contribution in [0, 0.1) is 0 Å². The van der Waals surface area contributed by atoms with Crippen molar-refractivity contribution in [3.8, 4) is 0 Å². The van der Waals surface area contributed by atoms with Crippen LogP contribution in [-0.4, -0.2) is 31.1 Å². The Balaban J connectivity index is 1.98. The van der Waals surface area contributed by atoms with Gasteiger partial charge in [-0.05, 0) is 48.4 Å². The fraction of sp³-hybridized carbons (Fsp3) is 0.667. The molecule has 1 saturated heterocycles. The van der Waals surface area contributed by atoms with Gasteiger partial charge in [-0.2, -0.15) is 0 Å². The van der Waals surface area contributed by atoms with E-state index in [0.717, 1.165) is 23.3 Å². The Labute approximate surface area is 105 Å². The minimum absolute atomic E-state index is 0.649. The van der Waals surface area contributed by atoms with Crippen molar-refractivity contribution in [2.45, 2.75) is 31.8 Å². The third-order valence-corrected chi connectivity index (χ3v) is 3.93. The predicted octanol–water partition coefficient (Wildman–Crippen LogP) is 2.62. The molecule has 0 saturated carbocycles. The van der Waals surface area contributed by atoms with Crippen LogP contribution in [0.25, 0.3) is 0 Å². The van der Waals surface area contributed by atoms with Crippen LogP contribution in [0.2, 0.25) is 0 Å². The second-order valence-electron chi connectivity index (χ2n) is 4.37. The number of halogens is 1. The molecule has 3 nitrogen and oxygen atoms in total. The molecule has 1 unspecified atom stereocenters. The average Bonchev–Trinajstić information content (AvgIpc) is 2.68. The highest BCUT2D eigenvalue weighted by Gasteiger charge is 2.23. The quantitative estimate of drug-likeness (QED) is 0.922. The van der Waals surface area contributed by atoms with E-state index in [4.69, 9.17) is 4.42 Å². The average molecular weight is 287 g/mol. The molecule has 0 bridgehead atoms. The summed E-state index contributed by atoms with van der Waals surface area (Å²) in [5, 5.41) is 3.28. The van der Waals surface area contributed by atoms with Crippen LogP contribution in [0.1, 0.15) is 25.0 Å². The second-order valence-corrected chi connectivity index (χ2v) is 5.22. The number of likely N-dealkylation sites (N-methyl/N-ethyl adjacent to an activating group) is 1. The van der Waals surface area contributed by atoms with E-state index in [9.17, 15) is 0 Å². The van der Waals surface area contributed by atoms with Crippen LogP contribution in [0.4, 0.5) is 0 Å².